The monoisotopic (exact) mass is 221 g/mol. The largest absolute Gasteiger partial charge is 0.396 e. The fourth-order valence-electron chi connectivity index (χ4n) is 1.55. The van der Waals surface area contributed by atoms with Crippen molar-refractivity contribution in [1.29, 1.82) is 5.26 Å². The minimum absolute atomic E-state index is 0.446. The van der Waals surface area contributed by atoms with Crippen LogP contribution in [0.4, 0.5) is 5.69 Å². The van der Waals surface area contributed by atoms with E-state index < -0.39 is 0 Å². The predicted octanol–water partition coefficient (Wildman–Crippen LogP) is 1.09. The molecule has 5 nitrogen and oxygen atoms in total. The molecule has 16 heavy (non-hydrogen) atoms. The highest BCUT2D eigenvalue weighted by molar-refractivity contribution is 5.30. The number of hydrogen-bond donors (Lipinski definition) is 1. The van der Waals surface area contributed by atoms with Gasteiger partial charge in [0.15, 0.2) is 0 Å². The third-order valence-electron chi connectivity index (χ3n) is 2.51. The molecule has 0 aliphatic heterocycles. The summed E-state index contributed by atoms with van der Waals surface area (Å²) in [6.45, 7) is 6.77. The topological polar surface area (TPSA) is 70.9 Å². The van der Waals surface area contributed by atoms with E-state index in [0.29, 0.717) is 18.2 Å². The van der Waals surface area contributed by atoms with Gasteiger partial charge in [0.25, 0.3) is 0 Å². The lowest BCUT2D eigenvalue weighted by molar-refractivity contribution is 0.215. The Morgan fingerprint density at radius 1 is 1.56 bits per heavy atom. The first-order valence-corrected chi connectivity index (χ1v) is 5.52. The van der Waals surface area contributed by atoms with E-state index in [1.807, 2.05) is 10.9 Å². The first-order chi connectivity index (χ1) is 7.63. The molecule has 1 aromatic heterocycles. The highest BCUT2D eigenvalue weighted by Crippen LogP contribution is 2.02. The highest BCUT2D eigenvalue weighted by atomic mass is 15.3. The van der Waals surface area contributed by atoms with Crippen LogP contribution >= 0.6 is 0 Å². The maximum absolute atomic E-state index is 8.57. The number of aromatic nitrogens is 2. The zero-order valence-electron chi connectivity index (χ0n) is 9.93. The van der Waals surface area contributed by atoms with Gasteiger partial charge in [-0.2, -0.15) is 10.4 Å². The summed E-state index contributed by atoms with van der Waals surface area (Å²) in [4.78, 5) is 2.26. The summed E-state index contributed by atoms with van der Waals surface area (Å²) in [5.41, 5.74) is 6.27. The molecular formula is C11H19N5. The summed E-state index contributed by atoms with van der Waals surface area (Å²) in [6.07, 6.45) is 4.04. The Morgan fingerprint density at radius 2 is 2.31 bits per heavy atom. The lowest BCUT2D eigenvalue weighted by Crippen LogP contribution is -2.34. The molecule has 0 aliphatic carbocycles. The van der Waals surface area contributed by atoms with E-state index in [2.05, 4.69) is 29.9 Å². The Morgan fingerprint density at radius 3 is 2.81 bits per heavy atom. The van der Waals surface area contributed by atoms with Gasteiger partial charge in [-0.3, -0.25) is 9.58 Å². The zero-order chi connectivity index (χ0) is 12.0. The Bertz CT molecular complexity index is 350. The molecular weight excluding hydrogens is 202 g/mol. The van der Waals surface area contributed by atoms with Crippen molar-refractivity contribution in [2.75, 3.05) is 18.8 Å². The number of nitrogen functional groups attached to an aromatic ring is 1. The number of rotatable bonds is 6. The van der Waals surface area contributed by atoms with Crippen molar-refractivity contribution in [2.24, 2.45) is 0 Å². The van der Waals surface area contributed by atoms with Crippen LogP contribution in [-0.4, -0.2) is 33.8 Å². The molecule has 5 heteroatoms. The van der Waals surface area contributed by atoms with E-state index >= 15 is 0 Å². The van der Waals surface area contributed by atoms with E-state index in [4.69, 9.17) is 11.0 Å². The van der Waals surface area contributed by atoms with Gasteiger partial charge in [0.2, 0.25) is 0 Å². The lowest BCUT2D eigenvalue weighted by Gasteiger charge is -2.25. The molecule has 88 valence electrons. The summed E-state index contributed by atoms with van der Waals surface area (Å²) in [5.74, 6) is 0. The van der Waals surface area contributed by atoms with Crippen molar-refractivity contribution < 1.29 is 0 Å². The van der Waals surface area contributed by atoms with Crippen LogP contribution in [0.5, 0.6) is 0 Å². The summed E-state index contributed by atoms with van der Waals surface area (Å²) in [7, 11) is 0. The third-order valence-corrected chi connectivity index (χ3v) is 2.51. The second-order valence-electron chi connectivity index (χ2n) is 4.07. The minimum Gasteiger partial charge on any atom is -0.396 e. The Hall–Kier alpha value is -1.54. The molecule has 0 saturated heterocycles. The fraction of sp³-hybridized carbons (Fsp3) is 0.636. The van der Waals surface area contributed by atoms with Gasteiger partial charge < -0.3 is 5.73 Å². The van der Waals surface area contributed by atoms with Gasteiger partial charge in [-0.05, 0) is 13.8 Å². The number of hydrogen-bond acceptors (Lipinski definition) is 4. The van der Waals surface area contributed by atoms with Crippen molar-refractivity contribution in [1.82, 2.24) is 14.7 Å². The number of nitriles is 1. The average Bonchev–Trinajstić information content (AvgIpc) is 2.64. The highest BCUT2D eigenvalue weighted by Gasteiger charge is 2.08. The third kappa shape index (κ3) is 3.91. The second-order valence-corrected chi connectivity index (χ2v) is 4.07. The first-order valence-electron chi connectivity index (χ1n) is 5.52. The van der Waals surface area contributed by atoms with Crippen LogP contribution in [0.1, 0.15) is 20.3 Å². The number of nitrogens with two attached hydrogens (primary N) is 1. The minimum atomic E-state index is 0.446. The van der Waals surface area contributed by atoms with Crippen molar-refractivity contribution >= 4 is 5.69 Å². The smallest absolute Gasteiger partial charge is 0.0719 e. The van der Waals surface area contributed by atoms with Gasteiger partial charge in [0.1, 0.15) is 0 Å². The molecule has 0 atom stereocenters. The Labute approximate surface area is 96.5 Å². The quantitative estimate of drug-likeness (QED) is 0.780. The van der Waals surface area contributed by atoms with Crippen LogP contribution in [0.3, 0.4) is 0 Å². The average molecular weight is 221 g/mol. The summed E-state index contributed by atoms with van der Waals surface area (Å²) in [5, 5.41) is 12.7. The normalized spacial score (nSPS) is 10.9. The molecule has 0 aromatic carbocycles. The SMILES string of the molecule is CC(C)N(CCC#N)CCn1cc(N)cn1. The molecule has 0 bridgehead atoms. The number of nitrogens with zero attached hydrogens (tertiary/aromatic N) is 4. The van der Waals surface area contributed by atoms with Crippen LogP contribution in [0.2, 0.25) is 0 Å². The summed E-state index contributed by atoms with van der Waals surface area (Å²) >= 11 is 0. The zero-order valence-corrected chi connectivity index (χ0v) is 9.93. The standard InChI is InChI=1S/C11H19N5/c1-10(2)15(5-3-4-12)6-7-16-9-11(13)8-14-16/h8-10H,3,5-7,13H2,1-2H3. The fourth-order valence-corrected chi connectivity index (χ4v) is 1.55. The maximum Gasteiger partial charge on any atom is 0.0719 e. The molecule has 0 aliphatic rings. The van der Waals surface area contributed by atoms with Crippen molar-refractivity contribution in [2.45, 2.75) is 32.9 Å². The molecule has 2 N–H and O–H groups in total. The molecule has 0 spiro atoms. The van der Waals surface area contributed by atoms with Gasteiger partial charge >= 0.3 is 0 Å². The van der Waals surface area contributed by atoms with Gasteiger partial charge in [-0.25, -0.2) is 0 Å². The van der Waals surface area contributed by atoms with E-state index in [-0.39, 0.29) is 0 Å². The molecule has 1 rings (SSSR count). The molecule has 0 amide bonds. The molecule has 0 saturated carbocycles. The van der Waals surface area contributed by atoms with E-state index in [1.165, 1.54) is 0 Å². The first kappa shape index (κ1) is 12.5. The molecule has 0 radical (unpaired) electrons. The Kier molecular flexibility index (Phi) is 4.80. The van der Waals surface area contributed by atoms with Crippen LogP contribution in [-0.2, 0) is 6.54 Å². The molecule has 0 unspecified atom stereocenters. The second kappa shape index (κ2) is 6.13. The van der Waals surface area contributed by atoms with Gasteiger partial charge in [-0.15, -0.1) is 0 Å². The Balaban J connectivity index is 2.41. The van der Waals surface area contributed by atoms with Crippen molar-refractivity contribution in [3.8, 4) is 6.07 Å². The van der Waals surface area contributed by atoms with E-state index in [0.717, 1.165) is 19.6 Å². The van der Waals surface area contributed by atoms with Crippen molar-refractivity contribution in [3.05, 3.63) is 12.4 Å². The van der Waals surface area contributed by atoms with Crippen LogP contribution in [0, 0.1) is 11.3 Å². The summed E-state index contributed by atoms with van der Waals surface area (Å²) in [6, 6.07) is 2.62. The lowest BCUT2D eigenvalue weighted by atomic mass is 10.3. The molecule has 1 aromatic rings. The van der Waals surface area contributed by atoms with E-state index in [9.17, 15) is 0 Å². The van der Waals surface area contributed by atoms with Crippen molar-refractivity contribution in [3.63, 3.8) is 0 Å². The van der Waals surface area contributed by atoms with Gasteiger partial charge in [0, 0.05) is 31.7 Å². The van der Waals surface area contributed by atoms with Gasteiger partial charge in [0.05, 0.1) is 24.5 Å². The molecule has 0 fully saturated rings. The molecule has 1 heterocycles. The van der Waals surface area contributed by atoms with Crippen LogP contribution in [0.25, 0.3) is 0 Å². The number of anilines is 1. The predicted molar refractivity (Wildman–Crippen MR) is 63.6 cm³/mol. The van der Waals surface area contributed by atoms with E-state index in [1.54, 1.807) is 6.20 Å². The maximum atomic E-state index is 8.57. The van der Waals surface area contributed by atoms with Crippen LogP contribution < -0.4 is 5.73 Å². The summed E-state index contributed by atoms with van der Waals surface area (Å²) < 4.78 is 1.83. The van der Waals surface area contributed by atoms with Gasteiger partial charge in [-0.1, -0.05) is 0 Å². The van der Waals surface area contributed by atoms with Crippen LogP contribution in [0.15, 0.2) is 12.4 Å².